The quantitative estimate of drug-likeness (QED) is 0.932. The normalized spacial score (nSPS) is 30.3. The van der Waals surface area contributed by atoms with Gasteiger partial charge < -0.3 is 5.11 Å². The summed E-state index contributed by atoms with van der Waals surface area (Å²) in [6.07, 6.45) is 5.07. The second-order valence-corrected chi connectivity index (χ2v) is 8.18. The highest BCUT2D eigenvalue weighted by atomic mass is 32.2. The molecule has 0 bridgehead atoms. The lowest BCUT2D eigenvalue weighted by Crippen LogP contribution is -2.44. The third-order valence-electron chi connectivity index (χ3n) is 4.94. The van der Waals surface area contributed by atoms with Crippen LogP contribution in [0.25, 0.3) is 0 Å². The average Bonchev–Trinajstić information content (AvgIpc) is 2.87. The van der Waals surface area contributed by atoms with Gasteiger partial charge in [0.05, 0.1) is 11.5 Å². The van der Waals surface area contributed by atoms with Gasteiger partial charge in [0.15, 0.2) is 0 Å². The van der Waals surface area contributed by atoms with E-state index < -0.39 is 10.0 Å². The predicted octanol–water partition coefficient (Wildman–Crippen LogP) is 2.31. The standard InChI is InChI=1S/C16H23NO3S/c1-12-6-8-15(9-7-12)21(19,20)17-14(11-18)10-13-4-2-3-5-16(13)17/h6-9,13-14,16,18H,2-5,10-11H2,1H3/t13-,14?,16+/m1/s1. The molecule has 1 heterocycles. The molecule has 1 N–H and O–H groups in total. The first-order chi connectivity index (χ1) is 10.0. The first kappa shape index (κ1) is 15.0. The molecular formula is C16H23NO3S. The topological polar surface area (TPSA) is 57.6 Å². The lowest BCUT2D eigenvalue weighted by Gasteiger charge is -2.32. The highest BCUT2D eigenvalue weighted by Crippen LogP contribution is 2.42. The van der Waals surface area contributed by atoms with Gasteiger partial charge in [-0.2, -0.15) is 4.31 Å². The highest BCUT2D eigenvalue weighted by Gasteiger charge is 2.47. The summed E-state index contributed by atoms with van der Waals surface area (Å²) in [6.45, 7) is 1.86. The third-order valence-corrected chi connectivity index (χ3v) is 6.93. The molecule has 2 fully saturated rings. The molecule has 1 saturated carbocycles. The van der Waals surface area contributed by atoms with E-state index in [9.17, 15) is 13.5 Å². The minimum Gasteiger partial charge on any atom is -0.395 e. The Balaban J connectivity index is 1.97. The Kier molecular flexibility index (Phi) is 4.08. The molecule has 0 spiro atoms. The van der Waals surface area contributed by atoms with Crippen LogP contribution in [-0.4, -0.2) is 36.5 Å². The van der Waals surface area contributed by atoms with E-state index in [1.165, 1.54) is 6.42 Å². The number of nitrogens with zero attached hydrogens (tertiary/aromatic N) is 1. The molecule has 1 saturated heterocycles. The van der Waals surface area contributed by atoms with Crippen LogP contribution >= 0.6 is 0 Å². The van der Waals surface area contributed by atoms with Crippen molar-refractivity contribution in [3.8, 4) is 0 Å². The van der Waals surface area contributed by atoms with Crippen molar-refractivity contribution in [1.29, 1.82) is 0 Å². The zero-order valence-corrected chi connectivity index (χ0v) is 13.2. The summed E-state index contributed by atoms with van der Waals surface area (Å²) < 4.78 is 27.6. The van der Waals surface area contributed by atoms with Crippen molar-refractivity contribution >= 4 is 10.0 Å². The van der Waals surface area contributed by atoms with Crippen molar-refractivity contribution in [3.63, 3.8) is 0 Å². The monoisotopic (exact) mass is 309 g/mol. The summed E-state index contributed by atoms with van der Waals surface area (Å²) in [5, 5.41) is 9.63. The molecule has 21 heavy (non-hydrogen) atoms. The van der Waals surface area contributed by atoms with Crippen LogP contribution in [0.15, 0.2) is 29.2 Å². The zero-order chi connectivity index (χ0) is 15.0. The van der Waals surface area contributed by atoms with Gasteiger partial charge in [0.1, 0.15) is 0 Å². The second-order valence-electron chi connectivity index (χ2n) is 6.33. The minimum absolute atomic E-state index is 0.0715. The molecule has 2 aliphatic rings. The van der Waals surface area contributed by atoms with Crippen LogP contribution in [0.1, 0.15) is 37.7 Å². The van der Waals surface area contributed by atoms with Crippen molar-refractivity contribution in [3.05, 3.63) is 29.8 Å². The molecule has 4 nitrogen and oxygen atoms in total. The molecule has 1 aliphatic carbocycles. The summed E-state index contributed by atoms with van der Waals surface area (Å²) in [6, 6.07) is 6.82. The van der Waals surface area contributed by atoms with Crippen molar-refractivity contribution in [2.75, 3.05) is 6.61 Å². The maximum atomic E-state index is 13.0. The van der Waals surface area contributed by atoms with Crippen molar-refractivity contribution in [2.24, 2.45) is 5.92 Å². The number of hydrogen-bond acceptors (Lipinski definition) is 3. The van der Waals surface area contributed by atoms with Crippen LogP contribution in [0.4, 0.5) is 0 Å². The molecule has 1 aromatic rings. The van der Waals surface area contributed by atoms with Crippen molar-refractivity contribution in [2.45, 2.75) is 56.0 Å². The molecule has 1 aliphatic heterocycles. The SMILES string of the molecule is Cc1ccc(S(=O)(=O)N2C(CO)C[C@H]3CCCC[C@@H]32)cc1. The van der Waals surface area contributed by atoms with Crippen LogP contribution in [0.2, 0.25) is 0 Å². The highest BCUT2D eigenvalue weighted by molar-refractivity contribution is 7.89. The molecule has 3 rings (SSSR count). The molecule has 5 heteroatoms. The number of aliphatic hydroxyl groups excluding tert-OH is 1. The molecule has 0 radical (unpaired) electrons. The fraction of sp³-hybridized carbons (Fsp3) is 0.625. The lowest BCUT2D eigenvalue weighted by atomic mass is 9.85. The predicted molar refractivity (Wildman–Crippen MR) is 81.4 cm³/mol. The molecular weight excluding hydrogens is 286 g/mol. The third kappa shape index (κ3) is 2.62. The Bertz CT molecular complexity index is 596. The summed E-state index contributed by atoms with van der Waals surface area (Å²) in [5.74, 6) is 0.413. The first-order valence-electron chi connectivity index (χ1n) is 7.75. The minimum atomic E-state index is -3.51. The van der Waals surface area contributed by atoms with E-state index >= 15 is 0 Å². The molecule has 3 atom stereocenters. The Morgan fingerprint density at radius 3 is 2.52 bits per heavy atom. The Hall–Kier alpha value is -0.910. The van der Waals surface area contributed by atoms with Crippen molar-refractivity contribution in [1.82, 2.24) is 4.31 Å². The van der Waals surface area contributed by atoms with Crippen molar-refractivity contribution < 1.29 is 13.5 Å². The van der Waals surface area contributed by atoms with Crippen LogP contribution in [-0.2, 0) is 10.0 Å². The van der Waals surface area contributed by atoms with E-state index in [0.29, 0.717) is 10.8 Å². The number of sulfonamides is 1. The van der Waals surface area contributed by atoms with Crippen LogP contribution in [0.5, 0.6) is 0 Å². The fourth-order valence-electron chi connectivity index (χ4n) is 3.88. The van der Waals surface area contributed by atoms with Gasteiger partial charge >= 0.3 is 0 Å². The number of rotatable bonds is 3. The van der Waals surface area contributed by atoms with E-state index in [1.807, 2.05) is 19.1 Å². The number of benzene rings is 1. The number of hydrogen-bond donors (Lipinski definition) is 1. The van der Waals surface area contributed by atoms with E-state index in [4.69, 9.17) is 0 Å². The van der Waals surface area contributed by atoms with Gasteiger partial charge in [0.2, 0.25) is 10.0 Å². The van der Waals surface area contributed by atoms with Gasteiger partial charge in [-0.3, -0.25) is 0 Å². The second kappa shape index (κ2) is 5.71. The van der Waals surface area contributed by atoms with E-state index in [-0.39, 0.29) is 18.7 Å². The summed E-state index contributed by atoms with van der Waals surface area (Å²) >= 11 is 0. The lowest BCUT2D eigenvalue weighted by molar-refractivity contribution is 0.187. The summed E-state index contributed by atoms with van der Waals surface area (Å²) in [4.78, 5) is 0.345. The maximum Gasteiger partial charge on any atom is 0.243 e. The number of fused-ring (bicyclic) bond motifs is 1. The smallest absolute Gasteiger partial charge is 0.243 e. The number of aryl methyl sites for hydroxylation is 1. The van der Waals surface area contributed by atoms with E-state index in [1.54, 1.807) is 16.4 Å². The van der Waals surface area contributed by atoms with Crippen LogP contribution < -0.4 is 0 Å². The van der Waals surface area contributed by atoms with Crippen LogP contribution in [0, 0.1) is 12.8 Å². The van der Waals surface area contributed by atoms with Crippen LogP contribution in [0.3, 0.4) is 0 Å². The number of aliphatic hydroxyl groups is 1. The molecule has 116 valence electrons. The Labute approximate surface area is 126 Å². The first-order valence-corrected chi connectivity index (χ1v) is 9.19. The maximum absolute atomic E-state index is 13.0. The van der Waals surface area contributed by atoms with Gasteiger partial charge in [-0.25, -0.2) is 8.42 Å². The fourth-order valence-corrected chi connectivity index (χ4v) is 5.79. The summed E-state index contributed by atoms with van der Waals surface area (Å²) in [5.41, 5.74) is 1.05. The van der Waals surface area contributed by atoms with Gasteiger partial charge in [-0.1, -0.05) is 30.5 Å². The van der Waals surface area contributed by atoms with E-state index in [0.717, 1.165) is 31.2 Å². The van der Waals surface area contributed by atoms with E-state index in [2.05, 4.69) is 0 Å². The molecule has 1 aromatic carbocycles. The molecule has 0 amide bonds. The van der Waals surface area contributed by atoms with Gasteiger partial charge in [-0.05, 0) is 44.2 Å². The average molecular weight is 309 g/mol. The molecule has 0 aromatic heterocycles. The molecule has 1 unspecified atom stereocenters. The van der Waals surface area contributed by atoms with Gasteiger partial charge in [-0.15, -0.1) is 0 Å². The summed E-state index contributed by atoms with van der Waals surface area (Å²) in [7, 11) is -3.51. The Morgan fingerprint density at radius 1 is 1.19 bits per heavy atom. The largest absolute Gasteiger partial charge is 0.395 e. The van der Waals surface area contributed by atoms with Gasteiger partial charge in [0.25, 0.3) is 0 Å². The zero-order valence-electron chi connectivity index (χ0n) is 12.4. The van der Waals surface area contributed by atoms with Gasteiger partial charge in [0, 0.05) is 12.1 Å². The Morgan fingerprint density at radius 2 is 1.86 bits per heavy atom.